The van der Waals surface area contributed by atoms with E-state index >= 15 is 0 Å². The van der Waals surface area contributed by atoms with Crippen molar-refractivity contribution in [2.75, 3.05) is 20.1 Å². The van der Waals surface area contributed by atoms with Crippen molar-refractivity contribution in [2.45, 2.75) is 25.9 Å². The molecule has 2 nitrogen and oxygen atoms in total. The van der Waals surface area contributed by atoms with Crippen LogP contribution >= 0.6 is 0 Å². The van der Waals surface area contributed by atoms with Crippen molar-refractivity contribution in [1.29, 1.82) is 0 Å². The predicted octanol–water partition coefficient (Wildman–Crippen LogP) is 1.20. The molecule has 1 N–H and O–H groups in total. The summed E-state index contributed by atoms with van der Waals surface area (Å²) in [5.41, 5.74) is 1.72. The molecule has 2 heteroatoms. The molecule has 2 rings (SSSR count). The molecule has 1 aliphatic carbocycles. The summed E-state index contributed by atoms with van der Waals surface area (Å²) in [5.74, 6) is 0.898. The molecule has 2 unspecified atom stereocenters. The van der Waals surface area contributed by atoms with Crippen LogP contribution in [0.2, 0.25) is 0 Å². The Labute approximate surface area is 74.6 Å². The quantitative estimate of drug-likeness (QED) is 0.620. The van der Waals surface area contributed by atoms with Crippen LogP contribution < -0.4 is 5.32 Å². The fourth-order valence-corrected chi connectivity index (χ4v) is 2.08. The van der Waals surface area contributed by atoms with Gasteiger partial charge in [0.2, 0.25) is 0 Å². The molecule has 1 aliphatic heterocycles. The maximum atomic E-state index is 3.29. The van der Waals surface area contributed by atoms with E-state index < -0.39 is 0 Å². The first-order chi connectivity index (χ1) is 5.81. The fourth-order valence-electron chi connectivity index (χ4n) is 2.08. The van der Waals surface area contributed by atoms with E-state index in [0.717, 1.165) is 12.5 Å². The molecule has 68 valence electrons. The van der Waals surface area contributed by atoms with Gasteiger partial charge in [-0.15, -0.1) is 0 Å². The lowest BCUT2D eigenvalue weighted by atomic mass is 9.77. The summed E-state index contributed by atoms with van der Waals surface area (Å²) in [7, 11) is 2.03. The molecular formula is C10H18N2. The van der Waals surface area contributed by atoms with Crippen LogP contribution in [0, 0.1) is 5.92 Å². The molecule has 12 heavy (non-hydrogen) atoms. The second-order valence-corrected chi connectivity index (χ2v) is 3.93. The molecule has 0 bridgehead atoms. The normalized spacial score (nSPS) is 31.8. The van der Waals surface area contributed by atoms with Gasteiger partial charge in [-0.3, -0.25) is 4.90 Å². The second kappa shape index (κ2) is 3.19. The predicted molar refractivity (Wildman–Crippen MR) is 50.9 cm³/mol. The first-order valence-electron chi connectivity index (χ1n) is 4.91. The Morgan fingerprint density at radius 2 is 2.50 bits per heavy atom. The molecule has 0 aromatic rings. The minimum atomic E-state index is 0.531. The van der Waals surface area contributed by atoms with Crippen LogP contribution in [0.5, 0.6) is 0 Å². The van der Waals surface area contributed by atoms with Gasteiger partial charge in [0.1, 0.15) is 0 Å². The maximum absolute atomic E-state index is 3.29. The smallest absolute Gasteiger partial charge is 0.0568 e. The van der Waals surface area contributed by atoms with Gasteiger partial charge in [0.15, 0.2) is 0 Å². The summed E-state index contributed by atoms with van der Waals surface area (Å²) in [4.78, 5) is 2.51. The number of nitrogens with one attached hydrogen (secondary N) is 1. The average molecular weight is 166 g/mol. The zero-order chi connectivity index (χ0) is 8.55. The third kappa shape index (κ3) is 1.29. The van der Waals surface area contributed by atoms with Crippen molar-refractivity contribution in [1.82, 2.24) is 10.2 Å². The van der Waals surface area contributed by atoms with Crippen LogP contribution in [-0.2, 0) is 0 Å². The summed E-state index contributed by atoms with van der Waals surface area (Å²) >= 11 is 0. The lowest BCUT2D eigenvalue weighted by molar-refractivity contribution is 0.152. The van der Waals surface area contributed by atoms with Gasteiger partial charge >= 0.3 is 0 Å². The monoisotopic (exact) mass is 166 g/mol. The first kappa shape index (κ1) is 8.27. The van der Waals surface area contributed by atoms with Gasteiger partial charge in [-0.2, -0.15) is 0 Å². The highest BCUT2D eigenvalue weighted by Gasteiger charge is 2.30. The Kier molecular flexibility index (Phi) is 2.20. The lowest BCUT2D eigenvalue weighted by Crippen LogP contribution is -2.48. The van der Waals surface area contributed by atoms with Gasteiger partial charge in [-0.1, -0.05) is 11.6 Å². The SMILES string of the molecule is CNC(C)N1CC=C2CCC2C1. The molecular weight excluding hydrogens is 148 g/mol. The average Bonchev–Trinajstić information content (AvgIpc) is 2.06. The lowest BCUT2D eigenvalue weighted by Gasteiger charge is -2.41. The molecule has 0 aromatic heterocycles. The summed E-state index contributed by atoms with van der Waals surface area (Å²) in [6.07, 6.45) is 5.74. The third-order valence-corrected chi connectivity index (χ3v) is 3.31. The van der Waals surface area contributed by atoms with Gasteiger partial charge in [-0.25, -0.2) is 0 Å². The van der Waals surface area contributed by atoms with Gasteiger partial charge in [0.25, 0.3) is 0 Å². The van der Waals surface area contributed by atoms with Gasteiger partial charge in [0, 0.05) is 13.1 Å². The number of rotatable bonds is 2. The fraction of sp³-hybridized carbons (Fsp3) is 0.800. The highest BCUT2D eigenvalue weighted by molar-refractivity contribution is 5.19. The summed E-state index contributed by atoms with van der Waals surface area (Å²) in [6, 6.07) is 0. The number of hydrogen-bond donors (Lipinski definition) is 1. The molecule has 2 aliphatic rings. The molecule has 0 radical (unpaired) electrons. The zero-order valence-corrected chi connectivity index (χ0v) is 8.01. The summed E-state index contributed by atoms with van der Waals surface area (Å²) in [5, 5.41) is 3.29. The van der Waals surface area contributed by atoms with Crippen molar-refractivity contribution in [3.05, 3.63) is 11.6 Å². The van der Waals surface area contributed by atoms with Crippen LogP contribution in [0.1, 0.15) is 19.8 Å². The molecule has 0 spiro atoms. The highest BCUT2D eigenvalue weighted by atomic mass is 15.3. The maximum Gasteiger partial charge on any atom is 0.0568 e. The Morgan fingerprint density at radius 1 is 1.67 bits per heavy atom. The van der Waals surface area contributed by atoms with Crippen molar-refractivity contribution < 1.29 is 0 Å². The Hall–Kier alpha value is -0.340. The summed E-state index contributed by atoms with van der Waals surface area (Å²) < 4.78 is 0. The molecule has 0 amide bonds. The molecule has 0 aromatic carbocycles. The number of nitrogens with zero attached hydrogens (tertiary/aromatic N) is 1. The molecule has 1 heterocycles. The van der Waals surface area contributed by atoms with Crippen molar-refractivity contribution in [2.24, 2.45) is 5.92 Å². The Bertz CT molecular complexity index is 198. The largest absolute Gasteiger partial charge is 0.305 e. The number of fused-ring (bicyclic) bond motifs is 1. The van der Waals surface area contributed by atoms with E-state index in [-0.39, 0.29) is 0 Å². The van der Waals surface area contributed by atoms with E-state index in [1.807, 2.05) is 7.05 Å². The minimum Gasteiger partial charge on any atom is -0.305 e. The van der Waals surface area contributed by atoms with Gasteiger partial charge in [0.05, 0.1) is 6.17 Å². The van der Waals surface area contributed by atoms with Gasteiger partial charge < -0.3 is 5.32 Å². The van der Waals surface area contributed by atoms with E-state index in [9.17, 15) is 0 Å². The molecule has 1 saturated carbocycles. The van der Waals surface area contributed by atoms with Crippen molar-refractivity contribution in [3.63, 3.8) is 0 Å². The van der Waals surface area contributed by atoms with Gasteiger partial charge in [-0.05, 0) is 32.7 Å². The summed E-state index contributed by atoms with van der Waals surface area (Å²) in [6.45, 7) is 4.65. The van der Waals surface area contributed by atoms with E-state index in [1.54, 1.807) is 5.57 Å². The first-order valence-corrected chi connectivity index (χ1v) is 4.91. The van der Waals surface area contributed by atoms with E-state index in [4.69, 9.17) is 0 Å². The van der Waals surface area contributed by atoms with Crippen LogP contribution in [-0.4, -0.2) is 31.2 Å². The van der Waals surface area contributed by atoms with Crippen molar-refractivity contribution >= 4 is 0 Å². The van der Waals surface area contributed by atoms with E-state index in [2.05, 4.69) is 23.2 Å². The third-order valence-electron chi connectivity index (χ3n) is 3.31. The van der Waals surface area contributed by atoms with Crippen LogP contribution in [0.3, 0.4) is 0 Å². The number of hydrogen-bond acceptors (Lipinski definition) is 2. The Balaban J connectivity index is 1.95. The molecule has 2 atom stereocenters. The Morgan fingerprint density at radius 3 is 3.00 bits per heavy atom. The second-order valence-electron chi connectivity index (χ2n) is 3.93. The molecule has 1 fully saturated rings. The van der Waals surface area contributed by atoms with Crippen LogP contribution in [0.15, 0.2) is 11.6 Å². The topological polar surface area (TPSA) is 15.3 Å². The van der Waals surface area contributed by atoms with Crippen LogP contribution in [0.4, 0.5) is 0 Å². The minimum absolute atomic E-state index is 0.531. The molecule has 0 saturated heterocycles. The standard InChI is InChI=1S/C10H18N2/c1-8(11-2)12-6-5-9-3-4-10(9)7-12/h5,8,10-11H,3-4,6-7H2,1-2H3. The zero-order valence-electron chi connectivity index (χ0n) is 8.01. The van der Waals surface area contributed by atoms with Crippen molar-refractivity contribution in [3.8, 4) is 0 Å². The van der Waals surface area contributed by atoms with E-state index in [1.165, 1.54) is 19.4 Å². The highest BCUT2D eigenvalue weighted by Crippen LogP contribution is 2.36. The van der Waals surface area contributed by atoms with E-state index in [0.29, 0.717) is 6.17 Å². The van der Waals surface area contributed by atoms with Crippen LogP contribution in [0.25, 0.3) is 0 Å².